The summed E-state index contributed by atoms with van der Waals surface area (Å²) < 4.78 is 1.95. The minimum atomic E-state index is -0.260. The number of carbonyl (C=O) groups is 1. The van der Waals surface area contributed by atoms with E-state index in [-0.39, 0.29) is 35.7 Å². The van der Waals surface area contributed by atoms with Crippen LogP contribution in [0, 0.1) is 11.3 Å². The van der Waals surface area contributed by atoms with Crippen molar-refractivity contribution in [3.8, 4) is 0 Å². The molecule has 4 rings (SSSR count). The summed E-state index contributed by atoms with van der Waals surface area (Å²) in [6.07, 6.45) is 6.86. The summed E-state index contributed by atoms with van der Waals surface area (Å²) in [7, 11) is 1.95. The molecular formula is C19H24Cl2N4O. The number of rotatable bonds is 4. The molecule has 2 atom stereocenters. The van der Waals surface area contributed by atoms with E-state index in [2.05, 4.69) is 15.6 Å². The average Bonchev–Trinajstić information content (AvgIpc) is 3.13. The zero-order valence-corrected chi connectivity index (χ0v) is 16.3. The van der Waals surface area contributed by atoms with E-state index in [9.17, 15) is 4.79 Å². The third-order valence-electron chi connectivity index (χ3n) is 5.71. The summed E-state index contributed by atoms with van der Waals surface area (Å²) in [6, 6.07) is 7.35. The quantitative estimate of drug-likeness (QED) is 0.837. The van der Waals surface area contributed by atoms with Crippen LogP contribution in [-0.4, -0.2) is 28.5 Å². The molecular weight excluding hydrogens is 371 g/mol. The van der Waals surface area contributed by atoms with Gasteiger partial charge < -0.3 is 15.2 Å². The van der Waals surface area contributed by atoms with E-state index in [1.54, 1.807) is 6.20 Å². The number of hydrogen-bond donors (Lipinski definition) is 2. The molecule has 2 N–H and O–H groups in total. The fourth-order valence-electron chi connectivity index (χ4n) is 4.05. The Morgan fingerprint density at radius 1 is 1.35 bits per heavy atom. The van der Waals surface area contributed by atoms with Crippen molar-refractivity contribution in [2.24, 2.45) is 18.4 Å². The summed E-state index contributed by atoms with van der Waals surface area (Å²) in [5.41, 5.74) is 1.22. The Morgan fingerprint density at radius 3 is 2.65 bits per heavy atom. The SMILES string of the molecule is Cl.Cn1ccnc1C(NC(=O)C1CC12CCNCC2)c1ccc(Cl)cc1. The fraction of sp³-hybridized carbons (Fsp3) is 0.474. The summed E-state index contributed by atoms with van der Waals surface area (Å²) in [4.78, 5) is 17.4. The van der Waals surface area contributed by atoms with E-state index in [4.69, 9.17) is 11.6 Å². The molecule has 1 aromatic carbocycles. The number of piperidine rings is 1. The van der Waals surface area contributed by atoms with Crippen molar-refractivity contribution < 1.29 is 4.79 Å². The maximum absolute atomic E-state index is 12.9. The van der Waals surface area contributed by atoms with Crippen LogP contribution in [0.25, 0.3) is 0 Å². The van der Waals surface area contributed by atoms with Gasteiger partial charge in [0.05, 0.1) is 0 Å². The lowest BCUT2D eigenvalue weighted by Gasteiger charge is -2.24. The maximum atomic E-state index is 12.9. The topological polar surface area (TPSA) is 59.0 Å². The monoisotopic (exact) mass is 394 g/mol. The Bertz CT molecular complexity index is 768. The highest BCUT2D eigenvalue weighted by molar-refractivity contribution is 6.30. The predicted molar refractivity (Wildman–Crippen MR) is 105 cm³/mol. The van der Waals surface area contributed by atoms with Crippen molar-refractivity contribution in [3.05, 3.63) is 53.1 Å². The molecule has 140 valence electrons. The molecule has 1 amide bonds. The third-order valence-corrected chi connectivity index (χ3v) is 5.96. The molecule has 2 fully saturated rings. The van der Waals surface area contributed by atoms with Crippen LogP contribution in [0.5, 0.6) is 0 Å². The van der Waals surface area contributed by atoms with Gasteiger partial charge in [-0.2, -0.15) is 0 Å². The standard InChI is InChI=1S/C19H23ClN4O.ClH/c1-24-11-10-22-17(24)16(13-2-4-14(20)5-3-13)23-18(25)15-12-19(15)6-8-21-9-7-19;/h2-5,10-11,15-16,21H,6-9,12H2,1H3,(H,23,25);1H. The van der Waals surface area contributed by atoms with Crippen LogP contribution in [0.15, 0.2) is 36.7 Å². The van der Waals surface area contributed by atoms with Gasteiger partial charge in [-0.1, -0.05) is 23.7 Å². The highest BCUT2D eigenvalue weighted by Gasteiger charge is 2.57. The first kappa shape index (κ1) is 19.2. The molecule has 1 aromatic heterocycles. The zero-order valence-electron chi connectivity index (χ0n) is 14.7. The Morgan fingerprint density at radius 2 is 2.04 bits per heavy atom. The lowest BCUT2D eigenvalue weighted by Crippen LogP contribution is -2.36. The molecule has 1 saturated heterocycles. The molecule has 1 saturated carbocycles. The first-order valence-electron chi connectivity index (χ1n) is 8.83. The molecule has 2 aliphatic rings. The third kappa shape index (κ3) is 3.61. The van der Waals surface area contributed by atoms with Crippen LogP contribution in [0.2, 0.25) is 5.02 Å². The van der Waals surface area contributed by atoms with Gasteiger partial charge >= 0.3 is 0 Å². The highest BCUT2D eigenvalue weighted by Crippen LogP contribution is 2.58. The van der Waals surface area contributed by atoms with Crippen LogP contribution in [0.3, 0.4) is 0 Å². The number of imidazole rings is 1. The van der Waals surface area contributed by atoms with Crippen molar-refractivity contribution in [3.63, 3.8) is 0 Å². The molecule has 0 bridgehead atoms. The number of hydrogen-bond acceptors (Lipinski definition) is 3. The molecule has 2 aromatic rings. The first-order chi connectivity index (χ1) is 12.1. The molecule has 2 unspecified atom stereocenters. The lowest BCUT2D eigenvalue weighted by molar-refractivity contribution is -0.123. The minimum absolute atomic E-state index is 0. The number of amides is 1. The zero-order chi connectivity index (χ0) is 17.4. The van der Waals surface area contributed by atoms with Gasteiger partial charge in [0.1, 0.15) is 11.9 Å². The molecule has 26 heavy (non-hydrogen) atoms. The van der Waals surface area contributed by atoms with Crippen LogP contribution in [-0.2, 0) is 11.8 Å². The smallest absolute Gasteiger partial charge is 0.224 e. The minimum Gasteiger partial charge on any atom is -0.342 e. The molecule has 1 spiro atoms. The lowest BCUT2D eigenvalue weighted by atomic mass is 9.91. The number of carbonyl (C=O) groups excluding carboxylic acids is 1. The van der Waals surface area contributed by atoms with Gasteiger partial charge in [-0.3, -0.25) is 4.79 Å². The predicted octanol–water partition coefficient (Wildman–Crippen LogP) is 3.09. The van der Waals surface area contributed by atoms with Gasteiger partial charge in [0.25, 0.3) is 0 Å². The molecule has 1 aliphatic carbocycles. The second-order valence-electron chi connectivity index (χ2n) is 7.26. The van der Waals surface area contributed by atoms with Crippen molar-refractivity contribution in [2.75, 3.05) is 13.1 Å². The summed E-state index contributed by atoms with van der Waals surface area (Å²) in [5.74, 6) is 1.10. The van der Waals surface area contributed by atoms with E-state index >= 15 is 0 Å². The average molecular weight is 395 g/mol. The van der Waals surface area contributed by atoms with E-state index in [1.807, 2.05) is 42.1 Å². The number of halogens is 2. The second kappa shape index (κ2) is 7.59. The van der Waals surface area contributed by atoms with Gasteiger partial charge in [0.15, 0.2) is 0 Å². The summed E-state index contributed by atoms with van der Waals surface area (Å²) in [5, 5.41) is 7.31. The van der Waals surface area contributed by atoms with Gasteiger partial charge in [-0.05, 0) is 55.5 Å². The van der Waals surface area contributed by atoms with Crippen LogP contribution in [0.4, 0.5) is 0 Å². The van der Waals surface area contributed by atoms with Crippen molar-refractivity contribution in [2.45, 2.75) is 25.3 Å². The Kier molecular flexibility index (Phi) is 5.61. The molecule has 2 heterocycles. The second-order valence-corrected chi connectivity index (χ2v) is 7.70. The van der Waals surface area contributed by atoms with Crippen LogP contribution >= 0.6 is 24.0 Å². The summed E-state index contributed by atoms with van der Waals surface area (Å²) in [6.45, 7) is 2.04. The van der Waals surface area contributed by atoms with Gasteiger partial charge in [-0.15, -0.1) is 12.4 Å². The fourth-order valence-corrected chi connectivity index (χ4v) is 4.17. The number of nitrogens with zero attached hydrogens (tertiary/aromatic N) is 2. The Balaban J connectivity index is 0.00000196. The summed E-state index contributed by atoms with van der Waals surface area (Å²) >= 11 is 6.02. The van der Waals surface area contributed by atoms with E-state index in [0.29, 0.717) is 5.02 Å². The number of aryl methyl sites for hydroxylation is 1. The van der Waals surface area contributed by atoms with Crippen molar-refractivity contribution in [1.29, 1.82) is 0 Å². The van der Waals surface area contributed by atoms with Crippen molar-refractivity contribution in [1.82, 2.24) is 20.2 Å². The van der Waals surface area contributed by atoms with E-state index in [1.165, 1.54) is 0 Å². The Hall–Kier alpha value is -1.56. The molecule has 5 nitrogen and oxygen atoms in total. The largest absolute Gasteiger partial charge is 0.342 e. The highest BCUT2D eigenvalue weighted by atomic mass is 35.5. The molecule has 0 radical (unpaired) electrons. The molecule has 1 aliphatic heterocycles. The van der Waals surface area contributed by atoms with Gasteiger partial charge in [0.2, 0.25) is 5.91 Å². The van der Waals surface area contributed by atoms with E-state index < -0.39 is 0 Å². The van der Waals surface area contributed by atoms with Crippen molar-refractivity contribution >= 4 is 29.9 Å². The van der Waals surface area contributed by atoms with Gasteiger partial charge in [-0.25, -0.2) is 4.98 Å². The number of benzene rings is 1. The van der Waals surface area contributed by atoms with Crippen LogP contribution in [0.1, 0.15) is 36.7 Å². The normalized spacial score (nSPS) is 21.7. The van der Waals surface area contributed by atoms with Crippen LogP contribution < -0.4 is 10.6 Å². The number of aromatic nitrogens is 2. The van der Waals surface area contributed by atoms with E-state index in [0.717, 1.165) is 43.7 Å². The maximum Gasteiger partial charge on any atom is 0.224 e. The first-order valence-corrected chi connectivity index (χ1v) is 9.21. The van der Waals surface area contributed by atoms with Gasteiger partial charge in [0, 0.05) is 30.4 Å². The Labute approximate surface area is 164 Å². The number of nitrogens with one attached hydrogen (secondary N) is 2. The molecule has 7 heteroatoms.